The predicted octanol–water partition coefficient (Wildman–Crippen LogP) is 3.66. The molecule has 11 heteroatoms. The zero-order valence-electron chi connectivity index (χ0n) is 22.6. The zero-order valence-corrected chi connectivity index (χ0v) is 22.6. The molecule has 206 valence electrons. The van der Waals surface area contributed by atoms with Crippen LogP contribution in [0.3, 0.4) is 0 Å². The van der Waals surface area contributed by atoms with Crippen LogP contribution in [0.1, 0.15) is 34.3 Å². The highest BCUT2D eigenvalue weighted by Crippen LogP contribution is 2.24. The van der Waals surface area contributed by atoms with Gasteiger partial charge in [0.05, 0.1) is 47.2 Å². The number of nitrogens with two attached hydrogens (primary N) is 1. The average molecular weight is 549 g/mol. The maximum absolute atomic E-state index is 12.2. The summed E-state index contributed by atoms with van der Waals surface area (Å²) < 4.78 is 10.6. The number of rotatable bonds is 11. The fourth-order valence-electron chi connectivity index (χ4n) is 4.00. The van der Waals surface area contributed by atoms with E-state index >= 15 is 0 Å². The molecule has 0 aliphatic rings. The normalized spacial score (nSPS) is 12.2. The number of aromatic nitrogens is 3. The van der Waals surface area contributed by atoms with E-state index in [2.05, 4.69) is 31.4 Å². The zero-order chi connectivity index (χ0) is 29.0. The number of nitrogens with one attached hydrogen (secondary N) is 1. The van der Waals surface area contributed by atoms with E-state index in [0.717, 1.165) is 17.0 Å². The van der Waals surface area contributed by atoms with Crippen LogP contribution in [0.4, 0.5) is 5.95 Å². The van der Waals surface area contributed by atoms with Gasteiger partial charge in [0.2, 0.25) is 5.95 Å². The average Bonchev–Trinajstić information content (AvgIpc) is 3.00. The van der Waals surface area contributed by atoms with Crippen LogP contribution < -0.4 is 11.2 Å². The Morgan fingerprint density at radius 1 is 1.05 bits per heavy atom. The fraction of sp³-hybridized carbons (Fsp3) is 0.167. The Kier molecular flexibility index (Phi) is 9.92. The van der Waals surface area contributed by atoms with Crippen molar-refractivity contribution in [2.24, 2.45) is 15.9 Å². The molecule has 0 aliphatic heterocycles. The number of ether oxygens (including phenoxy) is 2. The molecule has 0 spiro atoms. The number of benzene rings is 2. The Hall–Kier alpha value is -5.31. The van der Waals surface area contributed by atoms with E-state index in [4.69, 9.17) is 20.3 Å². The standard InChI is InChI=1S/C30H28N8O3/c1-40-19-28(39)37-30-35-25(22-11-6-8-20(14-22)16-31)15-26(36-30)27(38-32)18-33-17-23-12-7-13-24(34-23)29(41-2)21-9-4-3-5-10-21/h3-15,18,29H,17,19,32H2,1-2H3,(H,35,36,37,39). The number of anilines is 1. The first-order valence-corrected chi connectivity index (χ1v) is 12.5. The molecule has 2 aromatic heterocycles. The molecule has 2 aromatic carbocycles. The SMILES string of the molecule is COCC(=O)Nc1nc(C(C=NCc2cccc(C(OC)c3ccccc3)n2)=NN)cc(-c2cccc(C#N)c2)n1. The molecule has 11 nitrogen and oxygen atoms in total. The Labute approximate surface area is 237 Å². The number of hydrogen-bond donors (Lipinski definition) is 2. The maximum atomic E-state index is 12.2. The molecule has 0 radical (unpaired) electrons. The quantitative estimate of drug-likeness (QED) is 0.163. The molecular weight excluding hydrogens is 520 g/mol. The van der Waals surface area contributed by atoms with E-state index in [1.165, 1.54) is 13.3 Å². The molecule has 0 saturated heterocycles. The number of methoxy groups -OCH3 is 2. The number of amides is 1. The summed E-state index contributed by atoms with van der Waals surface area (Å²) in [6.07, 6.45) is 1.17. The first-order valence-electron chi connectivity index (χ1n) is 12.5. The lowest BCUT2D eigenvalue weighted by molar-refractivity contribution is -0.119. The van der Waals surface area contributed by atoms with E-state index in [1.54, 1.807) is 37.4 Å². The van der Waals surface area contributed by atoms with E-state index in [0.29, 0.717) is 22.5 Å². The van der Waals surface area contributed by atoms with Crippen molar-refractivity contribution >= 4 is 23.8 Å². The van der Waals surface area contributed by atoms with Crippen molar-refractivity contribution < 1.29 is 14.3 Å². The lowest BCUT2D eigenvalue weighted by Crippen LogP contribution is -2.20. The molecule has 4 aromatic rings. The number of aliphatic imine (C=N–C) groups is 1. The number of carbonyl (C=O) groups excluding carboxylic acids is 1. The Bertz CT molecular complexity index is 1600. The molecule has 2 heterocycles. The van der Waals surface area contributed by atoms with Crippen molar-refractivity contribution in [2.45, 2.75) is 12.6 Å². The van der Waals surface area contributed by atoms with Gasteiger partial charge in [0.1, 0.15) is 18.4 Å². The van der Waals surface area contributed by atoms with Crippen molar-refractivity contribution in [3.05, 3.63) is 107 Å². The molecule has 4 rings (SSSR count). The summed E-state index contributed by atoms with van der Waals surface area (Å²) in [6, 6.07) is 26.2. The van der Waals surface area contributed by atoms with Crippen molar-refractivity contribution in [1.82, 2.24) is 15.0 Å². The lowest BCUT2D eigenvalue weighted by Gasteiger charge is -2.15. The molecule has 0 saturated carbocycles. The summed E-state index contributed by atoms with van der Waals surface area (Å²) in [5, 5.41) is 15.8. The van der Waals surface area contributed by atoms with Crippen molar-refractivity contribution in [3.8, 4) is 17.3 Å². The first kappa shape index (κ1) is 28.7. The van der Waals surface area contributed by atoms with Gasteiger partial charge in [-0.05, 0) is 35.9 Å². The van der Waals surface area contributed by atoms with Crippen LogP contribution in [0.5, 0.6) is 0 Å². The largest absolute Gasteiger partial charge is 0.375 e. The van der Waals surface area contributed by atoms with Crippen molar-refractivity contribution in [2.75, 3.05) is 26.1 Å². The third-order valence-electron chi connectivity index (χ3n) is 5.84. The van der Waals surface area contributed by atoms with Gasteiger partial charge in [-0.25, -0.2) is 9.97 Å². The molecule has 0 aliphatic carbocycles. The number of hydrazone groups is 1. The van der Waals surface area contributed by atoms with Crippen molar-refractivity contribution in [1.29, 1.82) is 5.26 Å². The number of pyridine rings is 1. The lowest BCUT2D eigenvalue weighted by atomic mass is 10.1. The first-order chi connectivity index (χ1) is 20.0. The van der Waals surface area contributed by atoms with Gasteiger partial charge in [-0.1, -0.05) is 48.5 Å². The summed E-state index contributed by atoms with van der Waals surface area (Å²) in [6.45, 7) is 0.0735. The van der Waals surface area contributed by atoms with E-state index < -0.39 is 5.91 Å². The molecule has 0 bridgehead atoms. The van der Waals surface area contributed by atoms with Crippen LogP contribution in [-0.2, 0) is 20.8 Å². The smallest absolute Gasteiger partial charge is 0.252 e. The van der Waals surface area contributed by atoms with Crippen LogP contribution in [0, 0.1) is 11.3 Å². The van der Waals surface area contributed by atoms with Crippen LogP contribution in [0.2, 0.25) is 0 Å². The summed E-state index contributed by atoms with van der Waals surface area (Å²) in [4.78, 5) is 30.2. The second-order valence-corrected chi connectivity index (χ2v) is 8.70. The van der Waals surface area contributed by atoms with Gasteiger partial charge in [0, 0.05) is 19.8 Å². The van der Waals surface area contributed by atoms with Crippen LogP contribution >= 0.6 is 0 Å². The fourth-order valence-corrected chi connectivity index (χ4v) is 4.00. The van der Waals surface area contributed by atoms with Gasteiger partial charge < -0.3 is 15.3 Å². The molecular formula is C30H28N8O3. The highest BCUT2D eigenvalue weighted by molar-refractivity contribution is 6.37. The highest BCUT2D eigenvalue weighted by Gasteiger charge is 2.16. The van der Waals surface area contributed by atoms with Gasteiger partial charge in [-0.3, -0.25) is 20.1 Å². The minimum absolute atomic E-state index is 0.0253. The van der Waals surface area contributed by atoms with E-state index in [9.17, 15) is 10.1 Å². The molecule has 3 N–H and O–H groups in total. The molecule has 0 fully saturated rings. The van der Waals surface area contributed by atoms with Gasteiger partial charge in [0.25, 0.3) is 5.91 Å². The minimum atomic E-state index is -0.433. The topological polar surface area (TPSA) is 161 Å². The summed E-state index contributed by atoms with van der Waals surface area (Å²) in [5.41, 5.74) is 4.61. The molecule has 1 atom stereocenters. The summed E-state index contributed by atoms with van der Waals surface area (Å²) in [5.74, 6) is 5.31. The molecule has 41 heavy (non-hydrogen) atoms. The monoisotopic (exact) mass is 548 g/mol. The van der Waals surface area contributed by atoms with Gasteiger partial charge in [0.15, 0.2) is 0 Å². The Balaban J connectivity index is 1.60. The van der Waals surface area contributed by atoms with Crippen LogP contribution in [-0.4, -0.2) is 53.6 Å². The van der Waals surface area contributed by atoms with Crippen molar-refractivity contribution in [3.63, 3.8) is 0 Å². The molecule has 1 unspecified atom stereocenters. The Morgan fingerprint density at radius 3 is 2.59 bits per heavy atom. The predicted molar refractivity (Wildman–Crippen MR) is 155 cm³/mol. The highest BCUT2D eigenvalue weighted by atomic mass is 16.5. The van der Waals surface area contributed by atoms with Crippen LogP contribution in [0.15, 0.2) is 89.0 Å². The van der Waals surface area contributed by atoms with Gasteiger partial charge in [-0.15, -0.1) is 0 Å². The third-order valence-corrected chi connectivity index (χ3v) is 5.84. The summed E-state index contributed by atoms with van der Waals surface area (Å²) >= 11 is 0. The molecule has 1 amide bonds. The second kappa shape index (κ2) is 14.2. The number of carbonyl (C=O) groups is 1. The van der Waals surface area contributed by atoms with Gasteiger partial charge >= 0.3 is 0 Å². The van der Waals surface area contributed by atoms with Crippen LogP contribution in [0.25, 0.3) is 11.3 Å². The summed E-state index contributed by atoms with van der Waals surface area (Å²) in [7, 11) is 3.06. The van der Waals surface area contributed by atoms with E-state index in [-0.39, 0.29) is 30.9 Å². The maximum Gasteiger partial charge on any atom is 0.252 e. The third kappa shape index (κ3) is 7.63. The van der Waals surface area contributed by atoms with E-state index in [1.807, 2.05) is 48.5 Å². The number of nitriles is 1. The Morgan fingerprint density at radius 2 is 1.85 bits per heavy atom. The minimum Gasteiger partial charge on any atom is -0.375 e. The number of hydrogen-bond acceptors (Lipinski definition) is 10. The second-order valence-electron chi connectivity index (χ2n) is 8.70. The van der Waals surface area contributed by atoms with Gasteiger partial charge in [-0.2, -0.15) is 10.4 Å². The number of nitrogens with zero attached hydrogens (tertiary/aromatic N) is 6.